The number of carbonyl (C=O) groups is 3. The van der Waals surface area contributed by atoms with Crippen LogP contribution in [-0.4, -0.2) is 39.8 Å². The molecule has 0 aromatic rings. The molecule has 1 saturated heterocycles. The van der Waals surface area contributed by atoms with Crippen LogP contribution in [0.3, 0.4) is 0 Å². The second-order valence-corrected chi connectivity index (χ2v) is 3.20. The summed E-state index contributed by atoms with van der Waals surface area (Å²) in [5.41, 5.74) is 0. The fourth-order valence-corrected chi connectivity index (χ4v) is 1.33. The van der Waals surface area contributed by atoms with Crippen molar-refractivity contribution in [3.8, 4) is 0 Å². The van der Waals surface area contributed by atoms with Gasteiger partial charge in [0.05, 0.1) is 16.8 Å². The summed E-state index contributed by atoms with van der Waals surface area (Å²) in [5.74, 6) is -1.05. The lowest BCUT2D eigenvalue weighted by Gasteiger charge is -1.99. The first kappa shape index (κ1) is 7.30. The van der Waals surface area contributed by atoms with Gasteiger partial charge in [-0.2, -0.15) is 0 Å². The molecule has 0 aliphatic carbocycles. The Kier molecular flexibility index (Phi) is 1.77. The molecule has 1 aliphatic rings. The van der Waals surface area contributed by atoms with Crippen LogP contribution in [0.2, 0.25) is 0 Å². The number of nitrogens with one attached hydrogen (secondary N) is 1. The number of rotatable bonds is 1. The van der Waals surface area contributed by atoms with Crippen LogP contribution >= 0.6 is 0 Å². The lowest BCUT2D eigenvalue weighted by atomic mass is 10.2. The van der Waals surface area contributed by atoms with Crippen LogP contribution in [-0.2, 0) is 14.4 Å². The number of hydrogen-bond acceptors (Lipinski definition) is 4. The van der Waals surface area contributed by atoms with E-state index in [1.165, 1.54) is 0 Å². The Morgan fingerprint density at radius 2 is 2.20 bits per heavy atom. The third kappa shape index (κ3) is 1.05. The molecular formula is C5H7NO3Si. The molecule has 1 heterocycles. The van der Waals surface area contributed by atoms with Crippen molar-refractivity contribution in [3.05, 3.63) is 0 Å². The quantitative estimate of drug-likeness (QED) is 0.250. The second kappa shape index (κ2) is 2.43. The first-order valence-electron chi connectivity index (χ1n) is 2.94. The molecule has 54 valence electrons. The van der Waals surface area contributed by atoms with Gasteiger partial charge in [0.2, 0.25) is 11.6 Å². The van der Waals surface area contributed by atoms with Crippen LogP contribution < -0.4 is 5.32 Å². The predicted molar refractivity (Wildman–Crippen MR) is 36.8 cm³/mol. The number of Topliss-reactive ketones (excluding diaryl/α,β-unsaturated/α-hetero) is 2. The predicted octanol–water partition coefficient (Wildman–Crippen LogP) is -3.01. The van der Waals surface area contributed by atoms with Gasteiger partial charge in [-0.25, -0.2) is 0 Å². The minimum absolute atomic E-state index is 0.0253. The zero-order valence-electron chi connectivity index (χ0n) is 5.51. The minimum Gasteiger partial charge on any atom is -0.304 e. The highest BCUT2D eigenvalue weighted by atomic mass is 28.1. The van der Waals surface area contributed by atoms with Gasteiger partial charge in [0.1, 0.15) is 11.4 Å². The Bertz CT molecular complexity index is 213. The van der Waals surface area contributed by atoms with Crippen LogP contribution in [0.25, 0.3) is 0 Å². The molecule has 10 heavy (non-hydrogen) atoms. The van der Waals surface area contributed by atoms with Gasteiger partial charge in [0.25, 0.3) is 0 Å². The molecule has 5 heteroatoms. The average molecular weight is 157 g/mol. The molecular weight excluding hydrogens is 150 g/mol. The molecule has 0 saturated carbocycles. The van der Waals surface area contributed by atoms with E-state index in [9.17, 15) is 14.4 Å². The van der Waals surface area contributed by atoms with E-state index in [1.54, 1.807) is 0 Å². The fraction of sp³-hybridized carbons (Fsp3) is 0.400. The Labute approximate surface area is 60.4 Å². The van der Waals surface area contributed by atoms with E-state index in [0.717, 1.165) is 0 Å². The monoisotopic (exact) mass is 157 g/mol. The minimum atomic E-state index is -0.806. The van der Waals surface area contributed by atoms with Crippen molar-refractivity contribution in [3.63, 3.8) is 0 Å². The summed E-state index contributed by atoms with van der Waals surface area (Å²) in [6.45, 7) is 0.0253. The van der Waals surface area contributed by atoms with Gasteiger partial charge in [-0.05, 0) is 0 Å². The molecule has 1 fully saturated rings. The topological polar surface area (TPSA) is 63.2 Å². The molecule has 0 radical (unpaired) electrons. The van der Waals surface area contributed by atoms with Crippen molar-refractivity contribution >= 4 is 27.2 Å². The molecule has 1 N–H and O–H groups in total. The largest absolute Gasteiger partial charge is 0.304 e. The molecule has 0 unspecified atom stereocenters. The maximum atomic E-state index is 10.7. The summed E-state index contributed by atoms with van der Waals surface area (Å²) in [4.78, 5) is 31.9. The SMILES string of the molecule is O=C1CN[C@H](C(=O)[SiH3])C1=O. The summed E-state index contributed by atoms with van der Waals surface area (Å²) in [6, 6.07) is -0.806. The van der Waals surface area contributed by atoms with Crippen molar-refractivity contribution in [2.75, 3.05) is 6.54 Å². The third-order valence-electron chi connectivity index (χ3n) is 1.41. The lowest BCUT2D eigenvalue weighted by Crippen LogP contribution is -2.36. The van der Waals surface area contributed by atoms with E-state index < -0.39 is 17.6 Å². The Balaban J connectivity index is 2.76. The first-order chi connectivity index (χ1) is 4.63. The first-order valence-corrected chi connectivity index (χ1v) is 3.94. The lowest BCUT2D eigenvalue weighted by molar-refractivity contribution is -0.135. The highest BCUT2D eigenvalue weighted by Gasteiger charge is 2.34. The van der Waals surface area contributed by atoms with Gasteiger partial charge in [-0.1, -0.05) is 0 Å². The summed E-state index contributed by atoms with van der Waals surface area (Å²) in [5, 5.41) is 2.39. The fourth-order valence-electron chi connectivity index (χ4n) is 0.864. The van der Waals surface area contributed by atoms with Crippen LogP contribution in [0.5, 0.6) is 0 Å². The number of ketones is 2. The van der Waals surface area contributed by atoms with Crippen molar-refractivity contribution in [2.45, 2.75) is 6.04 Å². The van der Waals surface area contributed by atoms with E-state index in [-0.39, 0.29) is 12.0 Å². The highest BCUT2D eigenvalue weighted by Crippen LogP contribution is 1.95. The van der Waals surface area contributed by atoms with Crippen molar-refractivity contribution in [1.82, 2.24) is 5.32 Å². The molecule has 1 atom stereocenters. The maximum Gasteiger partial charge on any atom is 0.223 e. The van der Waals surface area contributed by atoms with E-state index in [2.05, 4.69) is 5.32 Å². The Morgan fingerprint density at radius 3 is 2.40 bits per heavy atom. The molecule has 1 aliphatic heterocycles. The van der Waals surface area contributed by atoms with Gasteiger partial charge < -0.3 is 4.79 Å². The van der Waals surface area contributed by atoms with Crippen LogP contribution in [0, 0.1) is 0 Å². The van der Waals surface area contributed by atoms with Crippen LogP contribution in [0.4, 0.5) is 0 Å². The van der Waals surface area contributed by atoms with E-state index in [0.29, 0.717) is 10.2 Å². The zero-order chi connectivity index (χ0) is 7.72. The maximum absolute atomic E-state index is 10.7. The molecule has 1 rings (SSSR count). The van der Waals surface area contributed by atoms with E-state index in [4.69, 9.17) is 0 Å². The summed E-state index contributed by atoms with van der Waals surface area (Å²) in [7, 11) is 0.316. The number of hydrogen-bond donors (Lipinski definition) is 1. The zero-order valence-corrected chi connectivity index (χ0v) is 7.51. The van der Waals surface area contributed by atoms with Crippen molar-refractivity contribution in [1.29, 1.82) is 0 Å². The molecule has 0 amide bonds. The summed E-state index contributed by atoms with van der Waals surface area (Å²) in [6.07, 6.45) is 0. The molecule has 0 bridgehead atoms. The molecule has 0 spiro atoms. The van der Waals surface area contributed by atoms with Crippen molar-refractivity contribution < 1.29 is 14.4 Å². The summed E-state index contributed by atoms with van der Waals surface area (Å²) < 4.78 is 0. The van der Waals surface area contributed by atoms with Crippen LogP contribution in [0.1, 0.15) is 0 Å². The van der Waals surface area contributed by atoms with Gasteiger partial charge in [-0.3, -0.25) is 14.9 Å². The van der Waals surface area contributed by atoms with Gasteiger partial charge >= 0.3 is 0 Å². The molecule has 0 aromatic heterocycles. The van der Waals surface area contributed by atoms with Gasteiger partial charge in [-0.15, -0.1) is 0 Å². The second-order valence-electron chi connectivity index (χ2n) is 2.21. The van der Waals surface area contributed by atoms with Crippen LogP contribution in [0.15, 0.2) is 0 Å². The van der Waals surface area contributed by atoms with Gasteiger partial charge in [0, 0.05) is 0 Å². The molecule has 4 nitrogen and oxygen atoms in total. The average Bonchev–Trinajstić information content (AvgIpc) is 2.14. The standard InChI is InChI=1S/C5H7NO3Si/c7-2-1-6-3(4(2)8)5(9)10/h3,6H,1H2,10H3/t3-/m0/s1. The smallest absolute Gasteiger partial charge is 0.223 e. The summed E-state index contributed by atoms with van der Waals surface area (Å²) >= 11 is 0. The normalized spacial score (nSPS) is 25.8. The molecule has 0 aromatic carbocycles. The van der Waals surface area contributed by atoms with E-state index in [1.807, 2.05) is 0 Å². The van der Waals surface area contributed by atoms with Crippen molar-refractivity contribution in [2.24, 2.45) is 0 Å². The Morgan fingerprint density at radius 1 is 1.60 bits per heavy atom. The highest BCUT2D eigenvalue weighted by molar-refractivity contribution is 6.65. The number of carbonyl (C=O) groups excluding carboxylic acids is 3. The van der Waals surface area contributed by atoms with Gasteiger partial charge in [0.15, 0.2) is 0 Å². The third-order valence-corrected chi connectivity index (χ3v) is 1.99. The van der Waals surface area contributed by atoms with E-state index >= 15 is 0 Å². The Hall–Kier alpha value is -0.813.